The van der Waals surface area contributed by atoms with Crippen molar-refractivity contribution in [2.45, 2.75) is 25.9 Å². The summed E-state index contributed by atoms with van der Waals surface area (Å²) in [5.74, 6) is 0. The maximum absolute atomic E-state index is 6.06. The van der Waals surface area contributed by atoms with Crippen molar-refractivity contribution in [3.8, 4) is 0 Å². The zero-order valence-electron chi connectivity index (χ0n) is 5.99. The van der Waals surface area contributed by atoms with E-state index in [4.69, 9.17) is 5.50 Å². The van der Waals surface area contributed by atoms with E-state index in [1.807, 2.05) is 0 Å². The van der Waals surface area contributed by atoms with Crippen LogP contribution in [-0.2, 0) is 0 Å². The van der Waals surface area contributed by atoms with E-state index in [0.29, 0.717) is 5.16 Å². The molecular weight excluding hydrogens is 117 g/mol. The van der Waals surface area contributed by atoms with Gasteiger partial charge >= 0.3 is 51.2 Å². The maximum atomic E-state index is 6.06. The molecule has 0 aliphatic carbocycles. The summed E-state index contributed by atoms with van der Waals surface area (Å²) >= 11 is 0. The summed E-state index contributed by atoms with van der Waals surface area (Å²) in [6.07, 6.45) is 2.72. The second-order valence-electron chi connectivity index (χ2n) is 3.91. The first-order valence-corrected chi connectivity index (χ1v) is 5.74. The molecule has 1 fully saturated rings. The van der Waals surface area contributed by atoms with Crippen LogP contribution in [-0.4, -0.2) is 17.5 Å². The first kappa shape index (κ1) is 6.51. The average Bonchev–Trinajstić information content (AvgIpc) is 2.16. The van der Waals surface area contributed by atoms with Gasteiger partial charge in [0.15, 0.2) is 0 Å². The van der Waals surface area contributed by atoms with Crippen LogP contribution in [0.2, 0.25) is 0 Å². The van der Waals surface area contributed by atoms with Crippen LogP contribution in [0.15, 0.2) is 0 Å². The summed E-state index contributed by atoms with van der Waals surface area (Å²) in [5.41, 5.74) is 6.06. The summed E-state index contributed by atoms with van der Waals surface area (Å²) in [6.45, 7) is 6.81. The summed E-state index contributed by atoms with van der Waals surface area (Å²) < 4.78 is 0. The Hall–Kier alpha value is 0.390. The van der Waals surface area contributed by atoms with E-state index >= 15 is 0 Å². The van der Waals surface area contributed by atoms with Gasteiger partial charge in [-0.15, -0.1) is 0 Å². The molecule has 0 spiro atoms. The Morgan fingerprint density at radius 3 is 1.62 bits per heavy atom. The van der Waals surface area contributed by atoms with Gasteiger partial charge in [-0.2, -0.15) is 0 Å². The molecule has 8 heavy (non-hydrogen) atoms. The fourth-order valence-corrected chi connectivity index (χ4v) is 3.46. The normalized spacial score (nSPS) is 29.5. The predicted octanol–water partition coefficient (Wildman–Crippen LogP) is 1.42. The van der Waals surface area contributed by atoms with Crippen molar-refractivity contribution in [1.29, 1.82) is 0 Å². The molecule has 1 saturated heterocycles. The Morgan fingerprint density at radius 2 is 1.62 bits per heavy atom. The third-order valence-electron chi connectivity index (χ3n) is 2.28. The molecule has 1 aliphatic rings. The van der Waals surface area contributed by atoms with Crippen molar-refractivity contribution in [1.82, 2.24) is 0 Å². The van der Waals surface area contributed by atoms with Crippen LogP contribution in [0.5, 0.6) is 0 Å². The van der Waals surface area contributed by atoms with Crippen LogP contribution in [0.4, 0.5) is 0 Å². The van der Waals surface area contributed by atoms with E-state index in [0.717, 1.165) is 0 Å². The minimum atomic E-state index is -1.11. The topological polar surface area (TPSA) is 26.0 Å². The van der Waals surface area contributed by atoms with Gasteiger partial charge < -0.3 is 0 Å². The van der Waals surface area contributed by atoms with E-state index in [-0.39, 0.29) is 0 Å². The summed E-state index contributed by atoms with van der Waals surface area (Å²) in [6, 6.07) is 0. The first-order chi connectivity index (χ1) is 3.46. The van der Waals surface area contributed by atoms with Gasteiger partial charge in [0.25, 0.3) is 0 Å². The summed E-state index contributed by atoms with van der Waals surface area (Å²) in [5, 5.41) is 0.465. The van der Waals surface area contributed by atoms with Crippen molar-refractivity contribution in [2.24, 2.45) is 5.50 Å². The molecule has 0 atom stereocenters. The van der Waals surface area contributed by atoms with Crippen LogP contribution >= 0.6 is 7.41 Å². The van der Waals surface area contributed by atoms with Crippen LogP contribution in [0, 0.1) is 0 Å². The Bertz CT molecular complexity index is 96.3. The molecule has 50 valence electrons. The van der Waals surface area contributed by atoms with Crippen LogP contribution in [0.1, 0.15) is 20.8 Å². The Morgan fingerprint density at radius 1 is 1.25 bits per heavy atom. The van der Waals surface area contributed by atoms with E-state index in [1.165, 1.54) is 12.3 Å². The minimum absolute atomic E-state index is 0.465. The molecule has 1 rings (SSSR count). The van der Waals surface area contributed by atoms with Crippen LogP contribution < -0.4 is 5.50 Å². The third-order valence-corrected chi connectivity index (χ3v) is 6.85. The van der Waals surface area contributed by atoms with Gasteiger partial charge in [0.1, 0.15) is 0 Å². The molecule has 1 nitrogen and oxygen atoms in total. The monoisotopic (exact) mass is 133 g/mol. The van der Waals surface area contributed by atoms with Crippen molar-refractivity contribution < 1.29 is 0 Å². The molecule has 1 heterocycles. The summed E-state index contributed by atoms with van der Waals surface area (Å²) in [4.78, 5) is 0. The van der Waals surface area contributed by atoms with Gasteiger partial charge in [0.2, 0.25) is 0 Å². The van der Waals surface area contributed by atoms with Gasteiger partial charge in [-0.05, 0) is 0 Å². The number of hydrogen-bond donors (Lipinski definition) is 1. The van der Waals surface area contributed by atoms with E-state index in [1.54, 1.807) is 0 Å². The number of nitrogens with two attached hydrogens (primary N) is 1. The van der Waals surface area contributed by atoms with E-state index in [2.05, 4.69) is 20.8 Å². The van der Waals surface area contributed by atoms with Crippen LogP contribution in [0.3, 0.4) is 0 Å². The molecule has 2 heteroatoms. The molecule has 0 unspecified atom stereocenters. The zero-order valence-corrected chi connectivity index (χ0v) is 6.99. The molecule has 2 N–H and O–H groups in total. The zero-order chi connectivity index (χ0) is 6.41. The molecule has 0 saturated carbocycles. The molecule has 0 aromatic heterocycles. The van der Waals surface area contributed by atoms with Gasteiger partial charge in [0.05, 0.1) is 0 Å². The van der Waals surface area contributed by atoms with Crippen molar-refractivity contribution >= 4 is 7.41 Å². The van der Waals surface area contributed by atoms with E-state index < -0.39 is 7.41 Å². The second-order valence-corrected chi connectivity index (χ2v) is 8.72. The average molecular weight is 133 g/mol. The first-order valence-electron chi connectivity index (χ1n) is 3.25. The molecular formula is C6H16NP. The molecule has 1 aliphatic heterocycles. The second kappa shape index (κ2) is 1.46. The quantitative estimate of drug-likeness (QED) is 0.497. The summed E-state index contributed by atoms with van der Waals surface area (Å²) in [7, 11) is -1.11. The van der Waals surface area contributed by atoms with Crippen LogP contribution in [0.25, 0.3) is 0 Å². The molecule has 0 radical (unpaired) electrons. The number of rotatable bonds is 0. The van der Waals surface area contributed by atoms with Crippen molar-refractivity contribution in [3.63, 3.8) is 0 Å². The molecule has 0 bridgehead atoms. The van der Waals surface area contributed by atoms with Crippen molar-refractivity contribution in [2.75, 3.05) is 12.3 Å². The molecule has 0 aromatic carbocycles. The Kier molecular flexibility index (Phi) is 1.19. The molecule has 0 aromatic rings. The predicted molar refractivity (Wildman–Crippen MR) is 42.0 cm³/mol. The van der Waals surface area contributed by atoms with E-state index in [9.17, 15) is 0 Å². The Labute approximate surface area is 52.0 Å². The fraction of sp³-hybridized carbons (Fsp3) is 1.00. The standard InChI is InChI=1S/C6H16NP/c1-6(2,3)8(7)4-5-8/h8H,4-5,7H2,1-3H3. The van der Waals surface area contributed by atoms with Gasteiger partial charge in [-0.25, -0.2) is 0 Å². The molecule has 0 amide bonds. The van der Waals surface area contributed by atoms with Gasteiger partial charge in [-0.1, -0.05) is 0 Å². The number of hydrogen-bond acceptors (Lipinski definition) is 1. The van der Waals surface area contributed by atoms with Crippen molar-refractivity contribution in [3.05, 3.63) is 0 Å². The van der Waals surface area contributed by atoms with Gasteiger partial charge in [0, 0.05) is 0 Å². The Balaban J connectivity index is 2.58. The van der Waals surface area contributed by atoms with Gasteiger partial charge in [-0.3, -0.25) is 0 Å². The fourth-order valence-electron chi connectivity index (χ4n) is 0.885. The third kappa shape index (κ3) is 0.897. The SMILES string of the molecule is CC(C)(C)[PH]1(N)CC1.